The maximum atomic E-state index is 5.75. The third kappa shape index (κ3) is 0.928. The molecule has 0 saturated heterocycles. The Hall–Kier alpha value is -1.88. The van der Waals surface area contributed by atoms with E-state index in [1.807, 2.05) is 12.1 Å². The van der Waals surface area contributed by atoms with Gasteiger partial charge in [-0.3, -0.25) is 0 Å². The molecule has 1 aromatic carbocycles. The Bertz CT molecular complexity index is 513. The van der Waals surface area contributed by atoms with E-state index >= 15 is 0 Å². The summed E-state index contributed by atoms with van der Waals surface area (Å²) in [4.78, 5) is 9.79. The number of hydrogen-bond donors (Lipinski definition) is 1. The molecule has 0 radical (unpaired) electrons. The molecule has 0 aliphatic carbocycles. The maximum Gasteiger partial charge on any atom is 0.171 e. The van der Waals surface area contributed by atoms with Crippen molar-refractivity contribution < 1.29 is 9.78 Å². The summed E-state index contributed by atoms with van der Waals surface area (Å²) in [6.07, 6.45) is 1.52. The van der Waals surface area contributed by atoms with Crippen LogP contribution in [0, 0.1) is 0 Å². The fourth-order valence-corrected chi connectivity index (χ4v) is 1.50. The minimum absolute atomic E-state index is 0.446. The van der Waals surface area contributed by atoms with Crippen molar-refractivity contribution >= 4 is 16.6 Å². The molecule has 1 aliphatic rings. The molecular formula is C9H7N3O2. The van der Waals surface area contributed by atoms with E-state index in [2.05, 4.69) is 10.2 Å². The molecule has 0 bridgehead atoms. The van der Waals surface area contributed by atoms with Crippen LogP contribution < -0.4 is 10.6 Å². The second-order valence-corrected chi connectivity index (χ2v) is 3.12. The zero-order valence-corrected chi connectivity index (χ0v) is 7.23. The minimum Gasteiger partial charge on any atom is -0.397 e. The lowest BCUT2D eigenvalue weighted by atomic mass is 10.1. The van der Waals surface area contributed by atoms with Crippen molar-refractivity contribution in [2.45, 2.75) is 6.61 Å². The fraction of sp³-hybridized carbons (Fsp3) is 0.111. The van der Waals surface area contributed by atoms with Gasteiger partial charge in [-0.2, -0.15) is 15.1 Å². The van der Waals surface area contributed by atoms with Crippen LogP contribution in [0.3, 0.4) is 0 Å². The van der Waals surface area contributed by atoms with Crippen molar-refractivity contribution in [3.05, 3.63) is 23.9 Å². The van der Waals surface area contributed by atoms with Gasteiger partial charge in [-0.05, 0) is 12.1 Å². The first kappa shape index (κ1) is 7.52. The van der Waals surface area contributed by atoms with Gasteiger partial charge >= 0.3 is 0 Å². The maximum absolute atomic E-state index is 5.75. The van der Waals surface area contributed by atoms with Crippen LogP contribution in [0.5, 0.6) is 5.75 Å². The van der Waals surface area contributed by atoms with Gasteiger partial charge in [0.25, 0.3) is 0 Å². The molecule has 0 unspecified atom stereocenters. The normalized spacial score (nSPS) is 14.0. The van der Waals surface area contributed by atoms with Crippen molar-refractivity contribution in [1.29, 1.82) is 0 Å². The van der Waals surface area contributed by atoms with Crippen molar-refractivity contribution in [2.75, 3.05) is 5.73 Å². The zero-order valence-electron chi connectivity index (χ0n) is 7.23. The number of benzene rings is 1. The van der Waals surface area contributed by atoms with Crippen LogP contribution in [0.2, 0.25) is 0 Å². The van der Waals surface area contributed by atoms with E-state index in [1.165, 1.54) is 6.20 Å². The van der Waals surface area contributed by atoms with Gasteiger partial charge in [0.1, 0.15) is 6.61 Å². The topological polar surface area (TPSA) is 70.3 Å². The molecule has 14 heavy (non-hydrogen) atoms. The van der Waals surface area contributed by atoms with Gasteiger partial charge in [0.2, 0.25) is 0 Å². The summed E-state index contributed by atoms with van der Waals surface area (Å²) >= 11 is 0. The Morgan fingerprint density at radius 2 is 2.29 bits per heavy atom. The molecule has 0 amide bonds. The van der Waals surface area contributed by atoms with E-state index < -0.39 is 0 Å². The molecule has 0 saturated carbocycles. The van der Waals surface area contributed by atoms with E-state index in [-0.39, 0.29) is 0 Å². The van der Waals surface area contributed by atoms with Crippen LogP contribution in [-0.4, -0.2) is 10.2 Å². The van der Waals surface area contributed by atoms with Crippen molar-refractivity contribution in [2.24, 2.45) is 0 Å². The lowest BCUT2D eigenvalue weighted by Gasteiger charge is -2.01. The largest absolute Gasteiger partial charge is 0.397 e. The summed E-state index contributed by atoms with van der Waals surface area (Å²) in [6, 6.07) is 3.70. The van der Waals surface area contributed by atoms with Gasteiger partial charge in [-0.15, -0.1) is 0 Å². The summed E-state index contributed by atoms with van der Waals surface area (Å²) < 4.78 is 0. The molecule has 2 heterocycles. The quantitative estimate of drug-likeness (QED) is 0.627. The van der Waals surface area contributed by atoms with Crippen LogP contribution in [0.15, 0.2) is 18.3 Å². The lowest BCUT2D eigenvalue weighted by molar-refractivity contribution is -0.194. The van der Waals surface area contributed by atoms with Crippen molar-refractivity contribution in [3.63, 3.8) is 0 Å². The number of fused-ring (bicyclic) bond motifs is 2. The van der Waals surface area contributed by atoms with Gasteiger partial charge in [-0.25, -0.2) is 0 Å². The van der Waals surface area contributed by atoms with Crippen LogP contribution in [0.1, 0.15) is 5.56 Å². The predicted octanol–water partition coefficient (Wildman–Crippen LogP) is 1.04. The Kier molecular flexibility index (Phi) is 1.37. The average molecular weight is 189 g/mol. The van der Waals surface area contributed by atoms with Crippen molar-refractivity contribution in [1.82, 2.24) is 10.2 Å². The zero-order chi connectivity index (χ0) is 9.54. The molecule has 2 aromatic rings. The van der Waals surface area contributed by atoms with E-state index in [4.69, 9.17) is 15.5 Å². The first-order valence-corrected chi connectivity index (χ1v) is 4.18. The Morgan fingerprint density at radius 3 is 3.21 bits per heavy atom. The Labute approximate surface area is 79.4 Å². The highest BCUT2D eigenvalue weighted by atomic mass is 17.2. The summed E-state index contributed by atoms with van der Waals surface area (Å²) in [5.41, 5.74) is 8.07. The second kappa shape index (κ2) is 2.55. The summed E-state index contributed by atoms with van der Waals surface area (Å²) in [5, 5.41) is 8.60. The fourth-order valence-electron chi connectivity index (χ4n) is 1.50. The molecular weight excluding hydrogens is 182 g/mol. The highest BCUT2D eigenvalue weighted by Gasteiger charge is 2.15. The summed E-state index contributed by atoms with van der Waals surface area (Å²) in [6.45, 7) is 0.446. The minimum atomic E-state index is 0.446. The molecule has 1 aliphatic heterocycles. The monoisotopic (exact) mass is 189 g/mol. The molecule has 5 heteroatoms. The number of aromatic nitrogens is 2. The average Bonchev–Trinajstić information content (AvgIpc) is 2.62. The van der Waals surface area contributed by atoms with Crippen molar-refractivity contribution in [3.8, 4) is 5.75 Å². The van der Waals surface area contributed by atoms with Gasteiger partial charge in [-0.1, -0.05) is 0 Å². The first-order chi connectivity index (χ1) is 6.84. The van der Waals surface area contributed by atoms with Crippen LogP contribution in [0.25, 0.3) is 10.9 Å². The molecule has 0 fully saturated rings. The van der Waals surface area contributed by atoms with Crippen LogP contribution >= 0.6 is 0 Å². The number of nitrogen functional groups attached to an aromatic ring is 1. The van der Waals surface area contributed by atoms with E-state index in [0.717, 1.165) is 16.5 Å². The Morgan fingerprint density at radius 1 is 1.36 bits per heavy atom. The van der Waals surface area contributed by atoms with Gasteiger partial charge in [0.05, 0.1) is 17.4 Å². The van der Waals surface area contributed by atoms with Crippen LogP contribution in [0.4, 0.5) is 5.69 Å². The summed E-state index contributed by atoms with van der Waals surface area (Å²) in [7, 11) is 0. The lowest BCUT2D eigenvalue weighted by Crippen LogP contribution is -1.92. The molecule has 2 N–H and O–H groups in total. The predicted molar refractivity (Wildman–Crippen MR) is 49.4 cm³/mol. The summed E-state index contributed by atoms with van der Waals surface area (Å²) in [5.74, 6) is 0.706. The van der Waals surface area contributed by atoms with E-state index in [0.29, 0.717) is 18.0 Å². The molecule has 70 valence electrons. The molecule has 0 atom stereocenters. The third-order valence-corrected chi connectivity index (χ3v) is 2.22. The Balaban J connectivity index is 2.39. The highest BCUT2D eigenvalue weighted by molar-refractivity contribution is 5.91. The van der Waals surface area contributed by atoms with Gasteiger partial charge in [0, 0.05) is 10.9 Å². The SMILES string of the molecule is Nc1cnnc2cc3c(cc12)OOC3. The third-order valence-electron chi connectivity index (χ3n) is 2.22. The molecule has 0 spiro atoms. The molecule has 1 aromatic heterocycles. The number of nitrogens with zero attached hydrogens (tertiary/aromatic N) is 2. The van der Waals surface area contributed by atoms with E-state index in [9.17, 15) is 0 Å². The van der Waals surface area contributed by atoms with Crippen LogP contribution in [-0.2, 0) is 11.5 Å². The first-order valence-electron chi connectivity index (χ1n) is 4.18. The number of rotatable bonds is 0. The molecule has 5 nitrogen and oxygen atoms in total. The van der Waals surface area contributed by atoms with E-state index in [1.54, 1.807) is 0 Å². The number of anilines is 1. The number of hydrogen-bond acceptors (Lipinski definition) is 5. The second-order valence-electron chi connectivity index (χ2n) is 3.12. The van der Waals surface area contributed by atoms with Gasteiger partial charge < -0.3 is 10.6 Å². The molecule has 3 rings (SSSR count). The smallest absolute Gasteiger partial charge is 0.171 e. The standard InChI is InChI=1S/C9H7N3O2/c10-7-3-11-12-8-1-5-4-13-14-9(5)2-6(7)8/h1-3H,4H2,(H2,10,12). The highest BCUT2D eigenvalue weighted by Crippen LogP contribution is 2.31. The number of nitrogens with two attached hydrogens (primary N) is 1. The van der Waals surface area contributed by atoms with Gasteiger partial charge in [0.15, 0.2) is 5.75 Å².